The molecule has 10 heteroatoms. The molecule has 0 bridgehead atoms. The Kier molecular flexibility index (Phi) is 6.62. The third-order valence-corrected chi connectivity index (χ3v) is 5.25. The molecule has 1 aliphatic rings. The lowest BCUT2D eigenvalue weighted by molar-refractivity contribution is 0.0939. The Hall–Kier alpha value is -3.10. The van der Waals surface area contributed by atoms with Crippen LogP contribution in [0.3, 0.4) is 0 Å². The molecule has 1 aromatic heterocycles. The fourth-order valence-electron chi connectivity index (χ4n) is 3.08. The number of halogens is 2. The number of carbonyl (C=O) groups is 2. The molecule has 2 aromatic carbocycles. The molecule has 3 aromatic rings. The van der Waals surface area contributed by atoms with Gasteiger partial charge < -0.3 is 15.4 Å². The number of ether oxygens (including phenoxy) is 1. The second kappa shape index (κ2) is 9.58. The Balaban J connectivity index is 1.63. The predicted octanol–water partition coefficient (Wildman–Crippen LogP) is 3.80. The van der Waals surface area contributed by atoms with E-state index in [0.717, 1.165) is 12.8 Å². The Morgan fingerprint density at radius 3 is 2.41 bits per heavy atom. The highest BCUT2D eigenvalue weighted by Crippen LogP contribution is 2.26. The van der Waals surface area contributed by atoms with Gasteiger partial charge in [0.2, 0.25) is 0 Å². The van der Waals surface area contributed by atoms with Crippen LogP contribution in [0.5, 0.6) is 5.75 Å². The van der Waals surface area contributed by atoms with E-state index in [1.165, 1.54) is 4.68 Å². The molecule has 166 valence electrons. The van der Waals surface area contributed by atoms with Gasteiger partial charge in [-0.25, -0.2) is 4.68 Å². The van der Waals surface area contributed by atoms with Crippen molar-refractivity contribution in [3.63, 3.8) is 0 Å². The third-order valence-electron chi connectivity index (χ3n) is 4.81. The van der Waals surface area contributed by atoms with Crippen molar-refractivity contribution in [2.45, 2.75) is 32.4 Å². The summed E-state index contributed by atoms with van der Waals surface area (Å²) < 4.78 is 7.39. The highest BCUT2D eigenvalue weighted by molar-refractivity contribution is 6.34. The van der Waals surface area contributed by atoms with Crippen LogP contribution in [0.4, 0.5) is 0 Å². The van der Waals surface area contributed by atoms with Gasteiger partial charge in [0, 0.05) is 28.2 Å². The molecule has 0 radical (unpaired) electrons. The Bertz CT molecular complexity index is 1120. The molecule has 0 unspecified atom stereocenters. The number of benzene rings is 2. The molecule has 8 nitrogen and oxygen atoms in total. The van der Waals surface area contributed by atoms with E-state index in [-0.39, 0.29) is 30.2 Å². The van der Waals surface area contributed by atoms with E-state index in [0.29, 0.717) is 39.3 Å². The standard InChI is InChI=1S/C22H21Cl2N5O3/c1-2-25-21(30)13-3-7-17(8-4-13)29-19(12-32-18-10-14(23)9-15(24)11-18)20(27-28-29)22(31)26-16-5-6-16/h3-4,7-11,16H,2,5-6,12H2,1H3,(H,25,30)(H,26,31). The quantitative estimate of drug-likeness (QED) is 0.518. The van der Waals surface area contributed by atoms with Gasteiger partial charge in [0.1, 0.15) is 18.1 Å². The topological polar surface area (TPSA) is 98.1 Å². The monoisotopic (exact) mass is 473 g/mol. The number of carbonyl (C=O) groups excluding carboxylic acids is 2. The van der Waals surface area contributed by atoms with E-state index in [9.17, 15) is 9.59 Å². The summed E-state index contributed by atoms with van der Waals surface area (Å²) >= 11 is 12.1. The molecule has 0 atom stereocenters. The minimum atomic E-state index is -0.305. The second-order valence-corrected chi connectivity index (χ2v) is 8.22. The molecular formula is C22H21Cl2N5O3. The first-order valence-corrected chi connectivity index (χ1v) is 10.9. The van der Waals surface area contributed by atoms with Crippen molar-refractivity contribution < 1.29 is 14.3 Å². The van der Waals surface area contributed by atoms with Crippen LogP contribution in [-0.2, 0) is 6.61 Å². The predicted molar refractivity (Wildman–Crippen MR) is 121 cm³/mol. The van der Waals surface area contributed by atoms with Gasteiger partial charge in [0.15, 0.2) is 5.69 Å². The van der Waals surface area contributed by atoms with Crippen molar-refractivity contribution in [3.8, 4) is 11.4 Å². The van der Waals surface area contributed by atoms with Crippen molar-refractivity contribution in [1.29, 1.82) is 0 Å². The van der Waals surface area contributed by atoms with Crippen LogP contribution in [0.15, 0.2) is 42.5 Å². The van der Waals surface area contributed by atoms with Gasteiger partial charge in [0.05, 0.1) is 5.69 Å². The molecule has 32 heavy (non-hydrogen) atoms. The lowest BCUT2D eigenvalue weighted by Gasteiger charge is -2.11. The number of hydrogen-bond donors (Lipinski definition) is 2. The largest absolute Gasteiger partial charge is 0.487 e. The zero-order chi connectivity index (χ0) is 22.7. The molecular weight excluding hydrogens is 453 g/mol. The van der Waals surface area contributed by atoms with Crippen LogP contribution in [-0.4, -0.2) is 39.4 Å². The maximum atomic E-state index is 12.7. The molecule has 1 aliphatic carbocycles. The van der Waals surface area contributed by atoms with Crippen molar-refractivity contribution in [2.75, 3.05) is 6.54 Å². The minimum absolute atomic E-state index is 0.00909. The van der Waals surface area contributed by atoms with Gasteiger partial charge in [-0.1, -0.05) is 28.4 Å². The first-order valence-electron chi connectivity index (χ1n) is 10.2. The first-order chi connectivity index (χ1) is 15.4. The van der Waals surface area contributed by atoms with Gasteiger partial charge in [0.25, 0.3) is 11.8 Å². The summed E-state index contributed by atoms with van der Waals surface area (Å²) in [6, 6.07) is 11.9. The number of hydrogen-bond acceptors (Lipinski definition) is 5. The summed E-state index contributed by atoms with van der Waals surface area (Å²) in [5, 5.41) is 14.8. The smallest absolute Gasteiger partial charge is 0.274 e. The maximum Gasteiger partial charge on any atom is 0.274 e. The normalized spacial score (nSPS) is 13.0. The Morgan fingerprint density at radius 2 is 1.78 bits per heavy atom. The molecule has 1 saturated carbocycles. The van der Waals surface area contributed by atoms with Crippen molar-refractivity contribution in [1.82, 2.24) is 25.6 Å². The van der Waals surface area contributed by atoms with Gasteiger partial charge in [-0.2, -0.15) is 0 Å². The van der Waals surface area contributed by atoms with Gasteiger partial charge in [-0.3, -0.25) is 9.59 Å². The number of aromatic nitrogens is 3. The van der Waals surface area contributed by atoms with Crippen LogP contribution in [0, 0.1) is 0 Å². The lowest BCUT2D eigenvalue weighted by atomic mass is 10.2. The number of rotatable bonds is 8. The highest BCUT2D eigenvalue weighted by Gasteiger charge is 2.28. The van der Waals surface area contributed by atoms with Gasteiger partial charge in [-0.15, -0.1) is 5.10 Å². The lowest BCUT2D eigenvalue weighted by Crippen LogP contribution is -2.27. The van der Waals surface area contributed by atoms with Crippen LogP contribution in [0.1, 0.15) is 46.3 Å². The third kappa shape index (κ3) is 5.20. The van der Waals surface area contributed by atoms with Gasteiger partial charge in [-0.05, 0) is 62.2 Å². The number of nitrogens with one attached hydrogen (secondary N) is 2. The van der Waals surface area contributed by atoms with E-state index in [1.807, 2.05) is 6.92 Å². The van der Waals surface area contributed by atoms with Crippen LogP contribution >= 0.6 is 23.2 Å². The summed E-state index contributed by atoms with van der Waals surface area (Å²) in [6.45, 7) is 2.41. The van der Waals surface area contributed by atoms with Crippen LogP contribution in [0.25, 0.3) is 5.69 Å². The Morgan fingerprint density at radius 1 is 1.09 bits per heavy atom. The summed E-state index contributed by atoms with van der Waals surface area (Å²) in [7, 11) is 0. The highest BCUT2D eigenvalue weighted by atomic mass is 35.5. The fourth-order valence-corrected chi connectivity index (χ4v) is 3.58. The molecule has 0 spiro atoms. The molecule has 1 heterocycles. The molecule has 1 fully saturated rings. The summed E-state index contributed by atoms with van der Waals surface area (Å²) in [5.74, 6) is -0.0145. The fraction of sp³-hybridized carbons (Fsp3) is 0.273. The van der Waals surface area contributed by atoms with E-state index >= 15 is 0 Å². The molecule has 0 saturated heterocycles. The van der Waals surface area contributed by atoms with E-state index in [1.54, 1.807) is 42.5 Å². The number of amides is 2. The molecule has 4 rings (SSSR count). The zero-order valence-electron chi connectivity index (χ0n) is 17.3. The van der Waals surface area contributed by atoms with Crippen molar-refractivity contribution in [3.05, 3.63) is 69.5 Å². The summed E-state index contributed by atoms with van der Waals surface area (Å²) in [4.78, 5) is 24.8. The maximum absolute atomic E-state index is 12.7. The van der Waals surface area contributed by atoms with E-state index in [2.05, 4.69) is 20.9 Å². The minimum Gasteiger partial charge on any atom is -0.487 e. The van der Waals surface area contributed by atoms with Crippen molar-refractivity contribution in [2.24, 2.45) is 0 Å². The second-order valence-electron chi connectivity index (χ2n) is 7.34. The first kappa shape index (κ1) is 22.1. The molecule has 2 amide bonds. The van der Waals surface area contributed by atoms with Gasteiger partial charge >= 0.3 is 0 Å². The van der Waals surface area contributed by atoms with E-state index in [4.69, 9.17) is 27.9 Å². The average molecular weight is 474 g/mol. The van der Waals surface area contributed by atoms with Crippen LogP contribution < -0.4 is 15.4 Å². The SMILES string of the molecule is CCNC(=O)c1ccc(-n2nnc(C(=O)NC3CC3)c2COc2cc(Cl)cc(Cl)c2)cc1. The number of nitrogens with zero attached hydrogens (tertiary/aromatic N) is 3. The zero-order valence-corrected chi connectivity index (χ0v) is 18.8. The molecule has 0 aliphatic heterocycles. The van der Waals surface area contributed by atoms with E-state index < -0.39 is 0 Å². The Labute approximate surface area is 194 Å². The summed E-state index contributed by atoms with van der Waals surface area (Å²) in [6.07, 6.45) is 1.90. The van der Waals surface area contributed by atoms with Crippen molar-refractivity contribution >= 4 is 35.0 Å². The summed E-state index contributed by atoms with van der Waals surface area (Å²) in [5.41, 5.74) is 1.80. The van der Waals surface area contributed by atoms with Crippen LogP contribution in [0.2, 0.25) is 10.0 Å². The average Bonchev–Trinajstić information content (AvgIpc) is 3.47. The molecule has 2 N–H and O–H groups in total.